The van der Waals surface area contributed by atoms with E-state index in [1.807, 2.05) is 36.4 Å². The molecule has 2 aromatic carbocycles. The van der Waals surface area contributed by atoms with Crippen LogP contribution in [0.3, 0.4) is 0 Å². The van der Waals surface area contributed by atoms with Crippen LogP contribution in [-0.4, -0.2) is 51.7 Å². The van der Waals surface area contributed by atoms with Gasteiger partial charge in [0, 0.05) is 0 Å². The van der Waals surface area contributed by atoms with E-state index in [4.69, 9.17) is 25.1 Å². The van der Waals surface area contributed by atoms with Gasteiger partial charge in [-0.05, 0) is 35.2 Å². The van der Waals surface area contributed by atoms with E-state index in [1.165, 1.54) is 7.11 Å². The summed E-state index contributed by atoms with van der Waals surface area (Å²) in [5.74, 6) is 0.869. The largest absolute Gasteiger partial charge is 0.496 e. The number of carbonyl (C=O) groups is 1. The van der Waals surface area contributed by atoms with Gasteiger partial charge >= 0.3 is 5.97 Å². The van der Waals surface area contributed by atoms with Crippen molar-refractivity contribution in [3.63, 3.8) is 0 Å². The topological polar surface area (TPSA) is 100 Å². The Kier molecular flexibility index (Phi) is 8.25. The number of methoxy groups -OCH3 is 3. The normalized spacial score (nSPS) is 11.8. The van der Waals surface area contributed by atoms with Crippen LogP contribution in [0.4, 0.5) is 0 Å². The first-order valence-electron chi connectivity index (χ1n) is 8.90. The number of esters is 1. The number of nitrogens with two attached hydrogens (primary N) is 1. The number of benzene rings is 2. The maximum absolute atomic E-state index is 11.5. The van der Waals surface area contributed by atoms with E-state index < -0.39 is 12.0 Å². The highest BCUT2D eigenvalue weighted by Gasteiger charge is 2.17. The Hall–Kier alpha value is -2.61. The van der Waals surface area contributed by atoms with Crippen molar-refractivity contribution in [1.29, 1.82) is 0 Å². The molecule has 0 radical (unpaired) electrons. The lowest BCUT2D eigenvalue weighted by atomic mass is 9.98. The predicted molar refractivity (Wildman–Crippen MR) is 105 cm³/mol. The molecule has 0 heterocycles. The van der Waals surface area contributed by atoms with Gasteiger partial charge in [0.2, 0.25) is 0 Å². The molecule has 0 aromatic heterocycles. The second kappa shape index (κ2) is 10.7. The molecule has 0 aliphatic heterocycles. The van der Waals surface area contributed by atoms with Crippen molar-refractivity contribution in [2.24, 2.45) is 5.73 Å². The lowest BCUT2D eigenvalue weighted by molar-refractivity contribution is -0.142. The fraction of sp³-hybridized carbons (Fsp3) is 0.381. The third kappa shape index (κ3) is 5.45. The van der Waals surface area contributed by atoms with Crippen LogP contribution in [0.2, 0.25) is 0 Å². The van der Waals surface area contributed by atoms with Crippen molar-refractivity contribution < 1.29 is 28.8 Å². The van der Waals surface area contributed by atoms with Gasteiger partial charge in [-0.15, -0.1) is 0 Å². The zero-order chi connectivity index (χ0) is 20.5. The maximum atomic E-state index is 11.5. The predicted octanol–water partition coefficient (Wildman–Crippen LogP) is 1.92. The summed E-state index contributed by atoms with van der Waals surface area (Å²) in [6.45, 7) is 0.581. The highest BCUT2D eigenvalue weighted by molar-refractivity contribution is 5.78. The van der Waals surface area contributed by atoms with Crippen molar-refractivity contribution in [2.45, 2.75) is 19.1 Å². The van der Waals surface area contributed by atoms with Gasteiger partial charge in [0.1, 0.15) is 17.5 Å². The fourth-order valence-corrected chi connectivity index (χ4v) is 2.88. The molecule has 2 rings (SSSR count). The number of hydrogen-bond donors (Lipinski definition) is 2. The molecule has 0 fully saturated rings. The van der Waals surface area contributed by atoms with E-state index in [9.17, 15) is 4.79 Å². The molecular formula is C21H27NO6. The van der Waals surface area contributed by atoms with E-state index in [0.29, 0.717) is 24.5 Å². The van der Waals surface area contributed by atoms with Crippen molar-refractivity contribution in [3.8, 4) is 22.6 Å². The summed E-state index contributed by atoms with van der Waals surface area (Å²) in [4.78, 5) is 11.5. The van der Waals surface area contributed by atoms with Gasteiger partial charge in [0.25, 0.3) is 0 Å². The molecule has 2 aromatic rings. The smallest absolute Gasteiger partial charge is 0.322 e. The number of aliphatic hydroxyl groups excluding tert-OH is 1. The maximum Gasteiger partial charge on any atom is 0.322 e. The third-order valence-electron chi connectivity index (χ3n) is 4.27. The van der Waals surface area contributed by atoms with E-state index in [0.717, 1.165) is 22.3 Å². The Morgan fingerprint density at radius 1 is 1.04 bits per heavy atom. The third-order valence-corrected chi connectivity index (χ3v) is 4.27. The van der Waals surface area contributed by atoms with Gasteiger partial charge in [0.05, 0.1) is 46.7 Å². The van der Waals surface area contributed by atoms with E-state index in [-0.39, 0.29) is 13.2 Å². The summed E-state index contributed by atoms with van der Waals surface area (Å²) in [6, 6.07) is 10.8. The Balaban J connectivity index is 2.29. The monoisotopic (exact) mass is 389 g/mol. The van der Waals surface area contributed by atoms with E-state index in [2.05, 4.69) is 4.74 Å². The van der Waals surface area contributed by atoms with Gasteiger partial charge in [0.15, 0.2) is 0 Å². The van der Waals surface area contributed by atoms with Crippen molar-refractivity contribution in [1.82, 2.24) is 0 Å². The summed E-state index contributed by atoms with van der Waals surface area (Å²) >= 11 is 0. The zero-order valence-electron chi connectivity index (χ0n) is 16.4. The molecule has 0 bridgehead atoms. The zero-order valence-corrected chi connectivity index (χ0v) is 16.4. The molecule has 0 aliphatic rings. The standard InChI is InChI=1S/C21H27NO6/c1-25-18-11-15(13-28-9-8-23)12-19(26-2)20(18)16-6-4-14(5-7-16)10-17(22)21(24)27-3/h4-7,11-12,17,23H,8-10,13,22H2,1-3H3. The minimum Gasteiger partial charge on any atom is -0.496 e. The number of carbonyl (C=O) groups excluding carboxylic acids is 1. The average molecular weight is 389 g/mol. The molecule has 0 saturated carbocycles. The van der Waals surface area contributed by atoms with Crippen LogP contribution in [0.1, 0.15) is 11.1 Å². The van der Waals surface area contributed by atoms with E-state index in [1.54, 1.807) is 14.2 Å². The Morgan fingerprint density at radius 2 is 1.64 bits per heavy atom. The Bertz CT molecular complexity index is 750. The van der Waals surface area contributed by atoms with Gasteiger partial charge in [-0.2, -0.15) is 0 Å². The summed E-state index contributed by atoms with van der Waals surface area (Å²) in [5, 5.41) is 8.85. The second-order valence-electron chi connectivity index (χ2n) is 6.18. The van der Waals surface area contributed by atoms with Crippen molar-refractivity contribution in [3.05, 3.63) is 47.5 Å². The first kappa shape index (κ1) is 21.7. The van der Waals surface area contributed by atoms with Gasteiger partial charge < -0.3 is 29.8 Å². The molecule has 1 unspecified atom stereocenters. The summed E-state index contributed by atoms with van der Waals surface area (Å²) in [6.07, 6.45) is 0.391. The molecule has 0 amide bonds. The minimum atomic E-state index is -0.696. The van der Waals surface area contributed by atoms with Crippen LogP contribution in [0.25, 0.3) is 11.1 Å². The van der Waals surface area contributed by atoms with Crippen LogP contribution < -0.4 is 15.2 Å². The highest BCUT2D eigenvalue weighted by atomic mass is 16.5. The molecular weight excluding hydrogens is 362 g/mol. The molecule has 0 spiro atoms. The minimum absolute atomic E-state index is 0.0294. The van der Waals surface area contributed by atoms with Gasteiger partial charge in [-0.3, -0.25) is 4.79 Å². The number of ether oxygens (including phenoxy) is 4. The Morgan fingerprint density at radius 3 is 2.14 bits per heavy atom. The SMILES string of the molecule is COC(=O)C(N)Cc1ccc(-c2c(OC)cc(COCCO)cc2OC)cc1. The van der Waals surface area contributed by atoms with Crippen LogP contribution in [0, 0.1) is 0 Å². The first-order chi connectivity index (χ1) is 13.5. The van der Waals surface area contributed by atoms with Crippen molar-refractivity contribution in [2.75, 3.05) is 34.5 Å². The molecule has 7 heteroatoms. The molecule has 1 atom stereocenters. The molecule has 152 valence electrons. The van der Waals surface area contributed by atoms with Crippen LogP contribution >= 0.6 is 0 Å². The van der Waals surface area contributed by atoms with Crippen LogP contribution in [0.5, 0.6) is 11.5 Å². The van der Waals surface area contributed by atoms with E-state index >= 15 is 0 Å². The highest BCUT2D eigenvalue weighted by Crippen LogP contribution is 2.39. The quantitative estimate of drug-likeness (QED) is 0.473. The lowest BCUT2D eigenvalue weighted by Gasteiger charge is -2.16. The fourth-order valence-electron chi connectivity index (χ4n) is 2.88. The molecule has 0 saturated heterocycles. The summed E-state index contributed by atoms with van der Waals surface area (Å²) in [7, 11) is 4.52. The van der Waals surface area contributed by atoms with Crippen LogP contribution in [0.15, 0.2) is 36.4 Å². The lowest BCUT2D eigenvalue weighted by Crippen LogP contribution is -2.33. The molecule has 0 aliphatic carbocycles. The van der Waals surface area contributed by atoms with Crippen LogP contribution in [-0.2, 0) is 27.3 Å². The molecule has 7 nitrogen and oxygen atoms in total. The number of aliphatic hydroxyl groups is 1. The Labute approximate surface area is 165 Å². The summed E-state index contributed by atoms with van der Waals surface area (Å²) in [5.41, 5.74) is 9.36. The molecule has 28 heavy (non-hydrogen) atoms. The summed E-state index contributed by atoms with van der Waals surface area (Å²) < 4.78 is 21.2. The van der Waals surface area contributed by atoms with Gasteiger partial charge in [-0.1, -0.05) is 24.3 Å². The number of rotatable bonds is 10. The van der Waals surface area contributed by atoms with Crippen molar-refractivity contribution >= 4 is 5.97 Å². The molecule has 3 N–H and O–H groups in total. The second-order valence-corrected chi connectivity index (χ2v) is 6.18. The van der Waals surface area contributed by atoms with Gasteiger partial charge in [-0.25, -0.2) is 0 Å². The average Bonchev–Trinajstić information content (AvgIpc) is 2.73. The first-order valence-corrected chi connectivity index (χ1v) is 8.90. The number of hydrogen-bond acceptors (Lipinski definition) is 7.